The number of likely N-dealkylation sites (tertiary alicyclic amines) is 1. The Balaban J connectivity index is 1.53. The molecule has 0 aromatic carbocycles. The van der Waals surface area contributed by atoms with Crippen molar-refractivity contribution in [2.75, 3.05) is 13.1 Å². The topological polar surface area (TPSA) is 29.3 Å². The normalized spacial score (nSPS) is 35.5. The minimum absolute atomic E-state index is 0.450. The Labute approximate surface area is 106 Å². The molecule has 3 rings (SSSR count). The summed E-state index contributed by atoms with van der Waals surface area (Å²) >= 11 is 0. The second kappa shape index (κ2) is 4.89. The first-order valence-electron chi connectivity index (χ1n) is 7.77. The predicted octanol–water partition coefficient (Wildman–Crippen LogP) is 2.91. The molecule has 2 N–H and O–H groups in total. The van der Waals surface area contributed by atoms with Gasteiger partial charge in [0, 0.05) is 18.6 Å². The van der Waals surface area contributed by atoms with Gasteiger partial charge in [0.2, 0.25) is 0 Å². The number of nitrogens with two attached hydrogens (primary N) is 1. The van der Waals surface area contributed by atoms with Crippen LogP contribution in [0, 0.1) is 5.41 Å². The molecule has 3 aliphatic rings. The fourth-order valence-electron chi connectivity index (χ4n) is 4.58. The van der Waals surface area contributed by atoms with E-state index in [1.165, 1.54) is 70.8 Å². The first kappa shape index (κ1) is 12.0. The molecule has 1 spiro atoms. The molecule has 0 amide bonds. The molecule has 1 atom stereocenters. The van der Waals surface area contributed by atoms with Crippen LogP contribution in [0.25, 0.3) is 0 Å². The zero-order valence-corrected chi connectivity index (χ0v) is 11.2. The largest absolute Gasteiger partial charge is 0.327 e. The summed E-state index contributed by atoms with van der Waals surface area (Å²) in [6, 6.07) is 1.32. The summed E-state index contributed by atoms with van der Waals surface area (Å²) in [5, 5.41) is 0. The molecule has 1 aliphatic heterocycles. The van der Waals surface area contributed by atoms with Crippen LogP contribution in [0.3, 0.4) is 0 Å². The summed E-state index contributed by atoms with van der Waals surface area (Å²) in [7, 11) is 0. The Hall–Kier alpha value is -0.0800. The average Bonchev–Trinajstić information content (AvgIpc) is 2.79. The van der Waals surface area contributed by atoms with Crippen molar-refractivity contribution in [2.45, 2.75) is 76.3 Å². The number of nitrogens with zero attached hydrogens (tertiary/aromatic N) is 1. The molecule has 1 heterocycles. The minimum atomic E-state index is 0.450. The second-order valence-corrected chi connectivity index (χ2v) is 6.84. The fourth-order valence-corrected chi connectivity index (χ4v) is 4.58. The third kappa shape index (κ3) is 2.53. The molecule has 0 aromatic heterocycles. The molecule has 2 heteroatoms. The van der Waals surface area contributed by atoms with Crippen molar-refractivity contribution in [3.8, 4) is 0 Å². The lowest BCUT2D eigenvalue weighted by Crippen LogP contribution is -2.49. The quantitative estimate of drug-likeness (QED) is 0.758. The molecule has 0 bridgehead atoms. The van der Waals surface area contributed by atoms with Gasteiger partial charge in [0.05, 0.1) is 0 Å². The van der Waals surface area contributed by atoms with Crippen LogP contribution in [-0.2, 0) is 0 Å². The molecule has 0 radical (unpaired) electrons. The molecule has 2 aliphatic carbocycles. The van der Waals surface area contributed by atoms with Gasteiger partial charge in [-0.3, -0.25) is 4.90 Å². The molecule has 2 nitrogen and oxygen atoms in total. The van der Waals surface area contributed by atoms with Gasteiger partial charge in [-0.1, -0.05) is 12.8 Å². The highest BCUT2D eigenvalue weighted by molar-refractivity contribution is 4.93. The molecule has 1 unspecified atom stereocenters. The summed E-state index contributed by atoms with van der Waals surface area (Å²) < 4.78 is 0. The van der Waals surface area contributed by atoms with E-state index in [0.29, 0.717) is 6.04 Å². The monoisotopic (exact) mass is 236 g/mol. The van der Waals surface area contributed by atoms with Crippen LogP contribution in [0.1, 0.15) is 64.2 Å². The predicted molar refractivity (Wildman–Crippen MR) is 71.9 cm³/mol. The van der Waals surface area contributed by atoms with E-state index in [4.69, 9.17) is 5.73 Å². The Bertz CT molecular complexity index is 248. The van der Waals surface area contributed by atoms with E-state index < -0.39 is 0 Å². The van der Waals surface area contributed by atoms with E-state index in [9.17, 15) is 0 Å². The molecule has 98 valence electrons. The van der Waals surface area contributed by atoms with Gasteiger partial charge in [-0.2, -0.15) is 0 Å². The Morgan fingerprint density at radius 1 is 0.882 bits per heavy atom. The number of piperidine rings is 1. The van der Waals surface area contributed by atoms with Gasteiger partial charge < -0.3 is 5.73 Å². The second-order valence-electron chi connectivity index (χ2n) is 6.84. The highest BCUT2D eigenvalue weighted by atomic mass is 15.2. The number of rotatable bonds is 1. The molecule has 1 saturated heterocycles. The van der Waals surface area contributed by atoms with E-state index in [1.54, 1.807) is 0 Å². The lowest BCUT2D eigenvalue weighted by molar-refractivity contribution is 0.0722. The lowest BCUT2D eigenvalue weighted by atomic mass is 9.71. The third-order valence-corrected chi connectivity index (χ3v) is 5.69. The smallest absolute Gasteiger partial charge is 0.0168 e. The summed E-state index contributed by atoms with van der Waals surface area (Å²) in [4.78, 5) is 2.70. The number of hydrogen-bond donors (Lipinski definition) is 1. The molecular weight excluding hydrogens is 208 g/mol. The third-order valence-electron chi connectivity index (χ3n) is 5.69. The van der Waals surface area contributed by atoms with Crippen LogP contribution >= 0.6 is 0 Å². The summed E-state index contributed by atoms with van der Waals surface area (Å²) in [6.45, 7) is 2.48. The lowest BCUT2D eigenvalue weighted by Gasteiger charge is -2.44. The Morgan fingerprint density at radius 2 is 1.59 bits per heavy atom. The Morgan fingerprint density at radius 3 is 2.24 bits per heavy atom. The van der Waals surface area contributed by atoms with E-state index in [1.807, 2.05) is 0 Å². The van der Waals surface area contributed by atoms with E-state index in [0.717, 1.165) is 18.0 Å². The molecule has 0 aromatic rings. The van der Waals surface area contributed by atoms with Crippen molar-refractivity contribution in [2.24, 2.45) is 11.1 Å². The van der Waals surface area contributed by atoms with Crippen molar-refractivity contribution in [3.05, 3.63) is 0 Å². The summed E-state index contributed by atoms with van der Waals surface area (Å²) in [5.41, 5.74) is 6.89. The zero-order chi connectivity index (χ0) is 11.7. The van der Waals surface area contributed by atoms with Gasteiger partial charge in [0.1, 0.15) is 0 Å². The first-order chi connectivity index (χ1) is 8.27. The van der Waals surface area contributed by atoms with Crippen LogP contribution in [0.4, 0.5) is 0 Å². The maximum Gasteiger partial charge on any atom is 0.0168 e. The number of hydrogen-bond acceptors (Lipinski definition) is 2. The van der Waals surface area contributed by atoms with E-state index in [-0.39, 0.29) is 0 Å². The summed E-state index contributed by atoms with van der Waals surface area (Å²) in [6.07, 6.45) is 14.5. The van der Waals surface area contributed by atoms with Crippen molar-refractivity contribution in [1.29, 1.82) is 0 Å². The van der Waals surface area contributed by atoms with Crippen LogP contribution in [0.2, 0.25) is 0 Å². The van der Waals surface area contributed by atoms with Crippen LogP contribution in [0.15, 0.2) is 0 Å². The zero-order valence-electron chi connectivity index (χ0n) is 11.2. The first-order valence-corrected chi connectivity index (χ1v) is 7.77. The minimum Gasteiger partial charge on any atom is -0.327 e. The van der Waals surface area contributed by atoms with Crippen molar-refractivity contribution < 1.29 is 0 Å². The highest BCUT2D eigenvalue weighted by Crippen LogP contribution is 2.49. The molecule has 2 saturated carbocycles. The van der Waals surface area contributed by atoms with E-state index >= 15 is 0 Å². The average molecular weight is 236 g/mol. The fraction of sp³-hybridized carbons (Fsp3) is 1.00. The highest BCUT2D eigenvalue weighted by Gasteiger charge is 2.39. The molecule has 17 heavy (non-hydrogen) atoms. The van der Waals surface area contributed by atoms with Crippen molar-refractivity contribution in [3.63, 3.8) is 0 Å². The van der Waals surface area contributed by atoms with Crippen LogP contribution in [-0.4, -0.2) is 30.1 Å². The summed E-state index contributed by atoms with van der Waals surface area (Å²) in [5.74, 6) is 0. The van der Waals surface area contributed by atoms with Gasteiger partial charge >= 0.3 is 0 Å². The van der Waals surface area contributed by atoms with E-state index in [2.05, 4.69) is 4.90 Å². The van der Waals surface area contributed by atoms with Gasteiger partial charge in [-0.15, -0.1) is 0 Å². The van der Waals surface area contributed by atoms with Gasteiger partial charge in [0.15, 0.2) is 0 Å². The molecule has 3 fully saturated rings. The standard InChI is InChI=1S/C15H28N2/c16-13-4-3-11-17(12-13)14-5-9-15(10-6-14)7-1-2-8-15/h13-14H,1-12,16H2. The van der Waals surface area contributed by atoms with Crippen LogP contribution in [0.5, 0.6) is 0 Å². The van der Waals surface area contributed by atoms with Gasteiger partial charge in [-0.05, 0) is 63.3 Å². The maximum absolute atomic E-state index is 6.11. The maximum atomic E-state index is 6.11. The SMILES string of the molecule is NC1CCCN(C2CCC3(CCCC3)CC2)C1. The van der Waals surface area contributed by atoms with Crippen molar-refractivity contribution in [1.82, 2.24) is 4.90 Å². The van der Waals surface area contributed by atoms with Crippen LogP contribution < -0.4 is 5.73 Å². The van der Waals surface area contributed by atoms with Crippen molar-refractivity contribution >= 4 is 0 Å². The van der Waals surface area contributed by atoms with Gasteiger partial charge in [0.25, 0.3) is 0 Å². The molecular formula is C15H28N2. The Kier molecular flexibility index (Phi) is 3.45. The van der Waals surface area contributed by atoms with Gasteiger partial charge in [-0.25, -0.2) is 0 Å².